The lowest BCUT2D eigenvalue weighted by Crippen LogP contribution is -2.47. The Bertz CT molecular complexity index is 700. The summed E-state index contributed by atoms with van der Waals surface area (Å²) in [4.78, 5) is 17.3. The maximum atomic E-state index is 9.29. The van der Waals surface area contributed by atoms with Gasteiger partial charge in [-0.1, -0.05) is 0 Å². The van der Waals surface area contributed by atoms with Crippen molar-refractivity contribution in [2.75, 3.05) is 41.7 Å². The zero-order chi connectivity index (χ0) is 15.5. The van der Waals surface area contributed by atoms with Gasteiger partial charge in [0.25, 0.3) is 0 Å². The van der Waals surface area contributed by atoms with E-state index in [1.807, 2.05) is 6.92 Å². The van der Waals surface area contributed by atoms with Crippen molar-refractivity contribution in [3.8, 4) is 6.07 Å². The monoisotopic (exact) mass is 295 g/mol. The summed E-state index contributed by atoms with van der Waals surface area (Å²) >= 11 is 0. The van der Waals surface area contributed by atoms with Gasteiger partial charge in [0.05, 0.1) is 16.9 Å². The number of nitrogens with zero attached hydrogens (tertiary/aromatic N) is 6. The Morgan fingerprint density at radius 2 is 1.77 bits per heavy atom. The minimum absolute atomic E-state index is 0.521. The number of nitrogens with two attached hydrogens (primary N) is 1. The highest BCUT2D eigenvalue weighted by atomic mass is 15.3. The fourth-order valence-electron chi connectivity index (χ4n) is 2.50. The van der Waals surface area contributed by atoms with Crippen molar-refractivity contribution in [2.45, 2.75) is 6.92 Å². The molecule has 1 saturated heterocycles. The molecule has 0 aromatic carbocycles. The summed E-state index contributed by atoms with van der Waals surface area (Å²) in [6.07, 6.45) is 3.49. The summed E-state index contributed by atoms with van der Waals surface area (Å²) in [5, 5.41) is 9.29. The van der Waals surface area contributed by atoms with Crippen molar-refractivity contribution in [1.29, 1.82) is 5.26 Å². The predicted molar refractivity (Wildman–Crippen MR) is 84.6 cm³/mol. The lowest BCUT2D eigenvalue weighted by atomic mass is 10.2. The second-order valence-corrected chi connectivity index (χ2v) is 5.17. The zero-order valence-electron chi connectivity index (χ0n) is 12.4. The highest BCUT2D eigenvalue weighted by molar-refractivity contribution is 5.61. The van der Waals surface area contributed by atoms with E-state index in [-0.39, 0.29) is 0 Å². The number of nitriles is 1. The molecular formula is C15H17N7. The molecule has 0 spiro atoms. The van der Waals surface area contributed by atoms with Gasteiger partial charge in [0.15, 0.2) is 0 Å². The fraction of sp³-hybridized carbons (Fsp3) is 0.333. The second-order valence-electron chi connectivity index (χ2n) is 5.17. The highest BCUT2D eigenvalue weighted by Crippen LogP contribution is 2.23. The number of nitrogen functional groups attached to an aromatic ring is 1. The molecule has 2 aromatic rings. The summed E-state index contributed by atoms with van der Waals surface area (Å²) in [6.45, 7) is 4.97. The standard InChI is InChI=1S/C15H17N7/c1-11-13(17)9-12(10-16)14(20-11)21-5-7-22(8-6-21)15-18-3-2-4-19-15/h2-4,9H,5-8,17H2,1H3. The van der Waals surface area contributed by atoms with Crippen LogP contribution >= 0.6 is 0 Å². The third-order valence-electron chi connectivity index (χ3n) is 3.77. The summed E-state index contributed by atoms with van der Waals surface area (Å²) in [5.74, 6) is 1.45. The fourth-order valence-corrected chi connectivity index (χ4v) is 2.50. The normalized spacial score (nSPS) is 14.7. The largest absolute Gasteiger partial charge is 0.397 e. The molecule has 7 heteroatoms. The molecule has 1 aliphatic heterocycles. The maximum Gasteiger partial charge on any atom is 0.225 e. The molecule has 0 aliphatic carbocycles. The molecule has 0 radical (unpaired) electrons. The number of rotatable bonds is 2. The van der Waals surface area contributed by atoms with Crippen molar-refractivity contribution in [2.24, 2.45) is 0 Å². The molecule has 7 nitrogen and oxygen atoms in total. The molecule has 22 heavy (non-hydrogen) atoms. The molecule has 0 saturated carbocycles. The first-order valence-electron chi connectivity index (χ1n) is 7.13. The van der Waals surface area contributed by atoms with Crippen LogP contribution in [-0.2, 0) is 0 Å². The molecule has 2 N–H and O–H groups in total. The van der Waals surface area contributed by atoms with Crippen LogP contribution in [0.3, 0.4) is 0 Å². The zero-order valence-corrected chi connectivity index (χ0v) is 12.4. The van der Waals surface area contributed by atoms with Gasteiger partial charge in [-0.25, -0.2) is 15.0 Å². The number of aromatic nitrogens is 3. The van der Waals surface area contributed by atoms with Crippen molar-refractivity contribution >= 4 is 17.5 Å². The van der Waals surface area contributed by atoms with Gasteiger partial charge in [0.1, 0.15) is 11.9 Å². The molecule has 0 amide bonds. The first-order chi connectivity index (χ1) is 10.7. The minimum Gasteiger partial charge on any atom is -0.397 e. The summed E-state index contributed by atoms with van der Waals surface area (Å²) in [5.41, 5.74) is 7.66. The first-order valence-corrected chi connectivity index (χ1v) is 7.13. The van der Waals surface area contributed by atoms with Crippen LogP contribution in [0.25, 0.3) is 0 Å². The average molecular weight is 295 g/mol. The Hall–Kier alpha value is -2.88. The van der Waals surface area contributed by atoms with Crippen LogP contribution in [0.2, 0.25) is 0 Å². The second kappa shape index (κ2) is 5.85. The van der Waals surface area contributed by atoms with Crippen molar-refractivity contribution < 1.29 is 0 Å². The first kappa shape index (κ1) is 14.1. The van der Waals surface area contributed by atoms with Crippen LogP contribution < -0.4 is 15.5 Å². The molecule has 112 valence electrons. The van der Waals surface area contributed by atoms with E-state index in [0.29, 0.717) is 17.1 Å². The quantitative estimate of drug-likeness (QED) is 0.881. The molecule has 0 atom stereocenters. The Morgan fingerprint density at radius 3 is 2.41 bits per heavy atom. The number of aryl methyl sites for hydroxylation is 1. The van der Waals surface area contributed by atoms with Crippen LogP contribution in [0, 0.1) is 18.3 Å². The van der Waals surface area contributed by atoms with Gasteiger partial charge >= 0.3 is 0 Å². The number of hydrogen-bond acceptors (Lipinski definition) is 7. The number of hydrogen-bond donors (Lipinski definition) is 1. The molecular weight excluding hydrogens is 278 g/mol. The molecule has 1 aliphatic rings. The van der Waals surface area contributed by atoms with E-state index >= 15 is 0 Å². The van der Waals surface area contributed by atoms with Gasteiger partial charge in [-0.3, -0.25) is 0 Å². The van der Waals surface area contributed by atoms with Gasteiger partial charge in [-0.15, -0.1) is 0 Å². The molecule has 3 rings (SSSR count). The Morgan fingerprint density at radius 1 is 1.14 bits per heavy atom. The average Bonchev–Trinajstić information content (AvgIpc) is 2.58. The van der Waals surface area contributed by atoms with Gasteiger partial charge in [0, 0.05) is 38.6 Å². The van der Waals surface area contributed by atoms with E-state index in [4.69, 9.17) is 5.73 Å². The molecule has 3 heterocycles. The lowest BCUT2D eigenvalue weighted by Gasteiger charge is -2.35. The van der Waals surface area contributed by atoms with Crippen molar-refractivity contribution in [3.05, 3.63) is 35.8 Å². The molecule has 2 aromatic heterocycles. The topological polar surface area (TPSA) is 95.0 Å². The Labute approximate surface area is 129 Å². The van der Waals surface area contributed by atoms with Crippen molar-refractivity contribution in [1.82, 2.24) is 15.0 Å². The third-order valence-corrected chi connectivity index (χ3v) is 3.77. The van der Waals surface area contributed by atoms with E-state index in [2.05, 4.69) is 30.8 Å². The van der Waals surface area contributed by atoms with Crippen LogP contribution in [0.5, 0.6) is 0 Å². The van der Waals surface area contributed by atoms with Gasteiger partial charge < -0.3 is 15.5 Å². The van der Waals surface area contributed by atoms with E-state index in [1.54, 1.807) is 24.5 Å². The minimum atomic E-state index is 0.521. The molecule has 1 fully saturated rings. The number of pyridine rings is 1. The van der Waals surface area contributed by atoms with Crippen LogP contribution in [-0.4, -0.2) is 41.1 Å². The van der Waals surface area contributed by atoms with Gasteiger partial charge in [-0.2, -0.15) is 5.26 Å². The third kappa shape index (κ3) is 2.63. The smallest absolute Gasteiger partial charge is 0.225 e. The predicted octanol–water partition coefficient (Wildman–Crippen LogP) is 0.960. The van der Waals surface area contributed by atoms with Crippen LogP contribution in [0.15, 0.2) is 24.5 Å². The van der Waals surface area contributed by atoms with E-state index in [1.165, 1.54) is 0 Å². The van der Waals surface area contributed by atoms with Gasteiger partial charge in [-0.05, 0) is 19.1 Å². The number of piperazine rings is 1. The van der Waals surface area contributed by atoms with E-state index < -0.39 is 0 Å². The maximum absolute atomic E-state index is 9.29. The summed E-state index contributed by atoms with van der Waals surface area (Å²) in [6, 6.07) is 5.69. The summed E-state index contributed by atoms with van der Waals surface area (Å²) < 4.78 is 0. The van der Waals surface area contributed by atoms with Crippen LogP contribution in [0.4, 0.5) is 17.5 Å². The van der Waals surface area contributed by atoms with Gasteiger partial charge in [0.2, 0.25) is 5.95 Å². The van der Waals surface area contributed by atoms with E-state index in [0.717, 1.165) is 37.8 Å². The lowest BCUT2D eigenvalue weighted by molar-refractivity contribution is 0.633. The molecule has 0 bridgehead atoms. The van der Waals surface area contributed by atoms with Crippen molar-refractivity contribution in [3.63, 3.8) is 0 Å². The van der Waals surface area contributed by atoms with Crippen LogP contribution in [0.1, 0.15) is 11.3 Å². The number of anilines is 3. The SMILES string of the molecule is Cc1nc(N2CCN(c3ncccn3)CC2)c(C#N)cc1N. The Kier molecular flexibility index (Phi) is 3.74. The molecule has 0 unspecified atom stereocenters. The van der Waals surface area contributed by atoms with E-state index in [9.17, 15) is 5.26 Å². The Balaban J connectivity index is 1.77. The summed E-state index contributed by atoms with van der Waals surface area (Å²) in [7, 11) is 0. The highest BCUT2D eigenvalue weighted by Gasteiger charge is 2.22.